The minimum Gasteiger partial charge on any atom is -0.379 e. The van der Waals surface area contributed by atoms with Crippen molar-refractivity contribution in [1.82, 2.24) is 5.32 Å². The normalized spacial score (nSPS) is 10.0. The Morgan fingerprint density at radius 2 is 1.77 bits per heavy atom. The number of amides is 1. The van der Waals surface area contributed by atoms with Crippen molar-refractivity contribution in [2.45, 2.75) is 20.3 Å². The second kappa shape index (κ2) is 9.48. The van der Waals surface area contributed by atoms with Crippen LogP contribution in [0.3, 0.4) is 0 Å². The van der Waals surface area contributed by atoms with Gasteiger partial charge in [-0.1, -0.05) is 6.92 Å². The summed E-state index contributed by atoms with van der Waals surface area (Å²) in [6.45, 7) is 6.70. The Balaban J connectivity index is 2.87. The monoisotopic (exact) mass is 189 g/mol. The predicted octanol–water partition coefficient (Wildman–Crippen LogP) is 0.566. The lowest BCUT2D eigenvalue weighted by molar-refractivity contribution is -0.119. The van der Waals surface area contributed by atoms with Gasteiger partial charge < -0.3 is 14.8 Å². The maximum absolute atomic E-state index is 10.4. The second-order valence-corrected chi connectivity index (χ2v) is 2.71. The number of rotatable bonds is 8. The molecule has 0 aromatic rings. The van der Waals surface area contributed by atoms with Gasteiger partial charge in [0.2, 0.25) is 5.91 Å². The molecule has 0 saturated carbocycles. The number of ether oxygens (including phenoxy) is 2. The molecule has 13 heavy (non-hydrogen) atoms. The standard InChI is InChI=1S/C9H19NO3/c1-3-5-12-7-8-13-6-4-10-9(2)11/h3-8H2,1-2H3,(H,10,11). The molecule has 0 aromatic heterocycles. The van der Waals surface area contributed by atoms with Crippen LogP contribution >= 0.6 is 0 Å². The third-order valence-electron chi connectivity index (χ3n) is 1.34. The first-order valence-electron chi connectivity index (χ1n) is 4.67. The zero-order valence-electron chi connectivity index (χ0n) is 8.47. The summed E-state index contributed by atoms with van der Waals surface area (Å²) in [4.78, 5) is 10.4. The van der Waals surface area contributed by atoms with Gasteiger partial charge in [0.1, 0.15) is 0 Å². The Morgan fingerprint density at radius 3 is 2.31 bits per heavy atom. The van der Waals surface area contributed by atoms with Crippen molar-refractivity contribution in [3.63, 3.8) is 0 Å². The summed E-state index contributed by atoms with van der Waals surface area (Å²) in [6.07, 6.45) is 1.03. The number of nitrogens with one attached hydrogen (secondary N) is 1. The largest absolute Gasteiger partial charge is 0.379 e. The van der Waals surface area contributed by atoms with Crippen LogP contribution in [0.4, 0.5) is 0 Å². The summed E-state index contributed by atoms with van der Waals surface area (Å²) < 4.78 is 10.4. The lowest BCUT2D eigenvalue weighted by atomic mass is 10.5. The summed E-state index contributed by atoms with van der Waals surface area (Å²) in [5.74, 6) is -0.0224. The van der Waals surface area contributed by atoms with Crippen LogP contribution in [0.1, 0.15) is 20.3 Å². The van der Waals surface area contributed by atoms with E-state index >= 15 is 0 Å². The Labute approximate surface area is 79.6 Å². The van der Waals surface area contributed by atoms with Crippen LogP contribution in [-0.2, 0) is 14.3 Å². The maximum Gasteiger partial charge on any atom is 0.216 e. The predicted molar refractivity (Wildman–Crippen MR) is 50.6 cm³/mol. The van der Waals surface area contributed by atoms with E-state index in [1.165, 1.54) is 6.92 Å². The van der Waals surface area contributed by atoms with Gasteiger partial charge in [0.25, 0.3) is 0 Å². The molecule has 0 spiro atoms. The van der Waals surface area contributed by atoms with Crippen LogP contribution < -0.4 is 5.32 Å². The first-order chi connectivity index (χ1) is 6.27. The molecule has 0 atom stereocenters. The van der Waals surface area contributed by atoms with Crippen molar-refractivity contribution in [3.8, 4) is 0 Å². The molecule has 0 bridgehead atoms. The van der Waals surface area contributed by atoms with Crippen LogP contribution in [-0.4, -0.2) is 38.9 Å². The van der Waals surface area contributed by atoms with Crippen molar-refractivity contribution < 1.29 is 14.3 Å². The topological polar surface area (TPSA) is 47.6 Å². The van der Waals surface area contributed by atoms with E-state index in [1.807, 2.05) is 0 Å². The van der Waals surface area contributed by atoms with Crippen LogP contribution in [0.15, 0.2) is 0 Å². The number of hydrogen-bond acceptors (Lipinski definition) is 3. The molecule has 1 amide bonds. The van der Waals surface area contributed by atoms with Crippen LogP contribution in [0.25, 0.3) is 0 Å². The fourth-order valence-electron chi connectivity index (χ4n) is 0.766. The highest BCUT2D eigenvalue weighted by Crippen LogP contribution is 1.81. The van der Waals surface area contributed by atoms with Gasteiger partial charge in [0.05, 0.1) is 19.8 Å². The van der Waals surface area contributed by atoms with Crippen LogP contribution in [0.2, 0.25) is 0 Å². The molecule has 4 nitrogen and oxygen atoms in total. The second-order valence-electron chi connectivity index (χ2n) is 2.71. The fraction of sp³-hybridized carbons (Fsp3) is 0.889. The first-order valence-corrected chi connectivity index (χ1v) is 4.67. The highest BCUT2D eigenvalue weighted by molar-refractivity contribution is 5.72. The third kappa shape index (κ3) is 11.4. The Kier molecular flexibility index (Phi) is 9.03. The molecule has 0 aliphatic carbocycles. The summed E-state index contributed by atoms with van der Waals surface area (Å²) in [5, 5.41) is 2.64. The van der Waals surface area contributed by atoms with Crippen molar-refractivity contribution in [2.24, 2.45) is 0 Å². The molecule has 0 radical (unpaired) electrons. The number of hydrogen-bond donors (Lipinski definition) is 1. The SMILES string of the molecule is CCCOCCOCCNC(C)=O. The van der Waals surface area contributed by atoms with Gasteiger partial charge in [-0.3, -0.25) is 4.79 Å². The van der Waals surface area contributed by atoms with Crippen LogP contribution in [0.5, 0.6) is 0 Å². The fourth-order valence-corrected chi connectivity index (χ4v) is 0.766. The molecule has 0 aromatic carbocycles. The highest BCUT2D eigenvalue weighted by Gasteiger charge is 1.91. The first kappa shape index (κ1) is 12.4. The average Bonchev–Trinajstić information content (AvgIpc) is 2.09. The molecule has 0 aliphatic heterocycles. The molecule has 0 aliphatic rings. The quantitative estimate of drug-likeness (QED) is 0.568. The zero-order chi connectivity index (χ0) is 9.94. The van der Waals surface area contributed by atoms with Gasteiger partial charge >= 0.3 is 0 Å². The number of carbonyl (C=O) groups is 1. The van der Waals surface area contributed by atoms with Crippen molar-refractivity contribution >= 4 is 5.91 Å². The summed E-state index contributed by atoms with van der Waals surface area (Å²) in [7, 11) is 0. The minimum atomic E-state index is -0.0224. The average molecular weight is 189 g/mol. The van der Waals surface area contributed by atoms with Gasteiger partial charge in [0.15, 0.2) is 0 Å². The molecule has 0 heterocycles. The van der Waals surface area contributed by atoms with E-state index in [2.05, 4.69) is 12.2 Å². The van der Waals surface area contributed by atoms with Gasteiger partial charge in [-0.15, -0.1) is 0 Å². The molecule has 0 rings (SSSR count). The van der Waals surface area contributed by atoms with E-state index in [1.54, 1.807) is 0 Å². The van der Waals surface area contributed by atoms with Gasteiger partial charge in [-0.25, -0.2) is 0 Å². The number of carbonyl (C=O) groups excluding carboxylic acids is 1. The Hall–Kier alpha value is -0.610. The van der Waals surface area contributed by atoms with Crippen molar-refractivity contribution in [2.75, 3.05) is 33.0 Å². The van der Waals surface area contributed by atoms with E-state index in [0.29, 0.717) is 26.4 Å². The molecule has 0 saturated heterocycles. The molecule has 78 valence electrons. The Morgan fingerprint density at radius 1 is 1.15 bits per heavy atom. The van der Waals surface area contributed by atoms with E-state index in [0.717, 1.165) is 13.0 Å². The molecule has 0 unspecified atom stereocenters. The zero-order valence-corrected chi connectivity index (χ0v) is 8.47. The highest BCUT2D eigenvalue weighted by atomic mass is 16.5. The van der Waals surface area contributed by atoms with Gasteiger partial charge in [0, 0.05) is 20.1 Å². The molecular formula is C9H19NO3. The van der Waals surface area contributed by atoms with E-state index in [9.17, 15) is 4.79 Å². The van der Waals surface area contributed by atoms with Gasteiger partial charge in [-0.2, -0.15) is 0 Å². The maximum atomic E-state index is 10.4. The van der Waals surface area contributed by atoms with E-state index in [-0.39, 0.29) is 5.91 Å². The van der Waals surface area contributed by atoms with Crippen LogP contribution in [0, 0.1) is 0 Å². The summed E-state index contributed by atoms with van der Waals surface area (Å²) in [6, 6.07) is 0. The minimum absolute atomic E-state index is 0.0224. The Bertz CT molecular complexity index is 128. The van der Waals surface area contributed by atoms with E-state index in [4.69, 9.17) is 9.47 Å². The lowest BCUT2D eigenvalue weighted by Crippen LogP contribution is -2.24. The molecule has 0 fully saturated rings. The lowest BCUT2D eigenvalue weighted by Gasteiger charge is -2.04. The smallest absolute Gasteiger partial charge is 0.216 e. The summed E-state index contributed by atoms with van der Waals surface area (Å²) >= 11 is 0. The summed E-state index contributed by atoms with van der Waals surface area (Å²) in [5.41, 5.74) is 0. The van der Waals surface area contributed by atoms with Crippen molar-refractivity contribution in [1.29, 1.82) is 0 Å². The third-order valence-corrected chi connectivity index (χ3v) is 1.34. The molecule has 1 N–H and O–H groups in total. The molecular weight excluding hydrogens is 170 g/mol. The van der Waals surface area contributed by atoms with E-state index < -0.39 is 0 Å². The van der Waals surface area contributed by atoms with Crippen molar-refractivity contribution in [3.05, 3.63) is 0 Å². The molecule has 4 heteroatoms. The van der Waals surface area contributed by atoms with Gasteiger partial charge in [-0.05, 0) is 6.42 Å².